The van der Waals surface area contributed by atoms with Crippen LogP contribution in [0.15, 0.2) is 0 Å². The lowest BCUT2D eigenvalue weighted by Gasteiger charge is -2.63. The Morgan fingerprint density at radius 3 is 2.43 bits per heavy atom. The number of hydrogen-bond donors (Lipinski definition) is 2. The fourth-order valence-corrected chi connectivity index (χ4v) is 9.47. The van der Waals surface area contributed by atoms with E-state index in [1.807, 2.05) is 0 Å². The largest absolute Gasteiger partial charge is 0.481 e. The summed E-state index contributed by atoms with van der Waals surface area (Å²) in [4.78, 5) is 23.8. The molecule has 0 aromatic rings. The Hall–Kier alpha value is -0.900. The van der Waals surface area contributed by atoms with Gasteiger partial charge in [-0.05, 0) is 111 Å². The van der Waals surface area contributed by atoms with Crippen molar-refractivity contribution < 1.29 is 19.8 Å². The van der Waals surface area contributed by atoms with Gasteiger partial charge in [-0.25, -0.2) is 0 Å². The van der Waals surface area contributed by atoms with Gasteiger partial charge in [0.05, 0.1) is 6.10 Å². The first-order valence-electron chi connectivity index (χ1n) is 12.5. The molecule has 0 amide bonds. The summed E-state index contributed by atoms with van der Waals surface area (Å²) >= 11 is 0. The molecule has 0 aliphatic heterocycles. The normalized spacial score (nSPS) is 48.9. The Labute approximate surface area is 182 Å². The predicted octanol–water partition coefficient (Wildman–Crippen LogP) is 5.32. The molecule has 0 aromatic heterocycles. The Morgan fingerprint density at radius 1 is 1.03 bits per heavy atom. The molecule has 10 atom stereocenters. The Balaban J connectivity index is 1.58. The summed E-state index contributed by atoms with van der Waals surface area (Å²) in [6.45, 7) is 8.93. The van der Waals surface area contributed by atoms with Crippen LogP contribution in [-0.2, 0) is 9.59 Å². The molecule has 4 aliphatic rings. The van der Waals surface area contributed by atoms with Crippen LogP contribution in [0.2, 0.25) is 0 Å². The summed E-state index contributed by atoms with van der Waals surface area (Å²) in [5.41, 5.74) is 0.366. The number of Topliss-reactive ketones (excluding diaryl/α,β-unsaturated/α-hetero) is 1. The van der Waals surface area contributed by atoms with Gasteiger partial charge in [0.2, 0.25) is 0 Å². The van der Waals surface area contributed by atoms with Crippen LogP contribution in [0.3, 0.4) is 0 Å². The number of carboxylic acids is 1. The van der Waals surface area contributed by atoms with Crippen molar-refractivity contribution in [1.82, 2.24) is 0 Å². The van der Waals surface area contributed by atoms with E-state index < -0.39 is 5.97 Å². The minimum atomic E-state index is -0.675. The van der Waals surface area contributed by atoms with Gasteiger partial charge in [0.1, 0.15) is 5.78 Å². The van der Waals surface area contributed by atoms with Crippen LogP contribution in [0, 0.1) is 52.3 Å². The van der Waals surface area contributed by atoms with E-state index in [2.05, 4.69) is 20.8 Å². The highest BCUT2D eigenvalue weighted by Gasteiger charge is 2.63. The Morgan fingerprint density at radius 2 is 1.77 bits per heavy atom. The fourth-order valence-electron chi connectivity index (χ4n) is 9.47. The first-order valence-corrected chi connectivity index (χ1v) is 12.5. The number of fused-ring (bicyclic) bond motifs is 5. The average Bonchev–Trinajstić information content (AvgIpc) is 3.03. The van der Waals surface area contributed by atoms with E-state index in [-0.39, 0.29) is 29.6 Å². The van der Waals surface area contributed by atoms with Crippen molar-refractivity contribution in [2.75, 3.05) is 0 Å². The van der Waals surface area contributed by atoms with Gasteiger partial charge in [0.25, 0.3) is 0 Å². The number of rotatable bonds is 5. The van der Waals surface area contributed by atoms with Crippen LogP contribution in [0.1, 0.15) is 91.9 Å². The van der Waals surface area contributed by atoms with Crippen molar-refractivity contribution in [3.05, 3.63) is 0 Å². The number of hydrogen-bond acceptors (Lipinski definition) is 3. The molecule has 0 radical (unpaired) electrons. The molecule has 170 valence electrons. The van der Waals surface area contributed by atoms with Crippen LogP contribution in [-0.4, -0.2) is 28.1 Å². The maximum absolute atomic E-state index is 12.7. The lowest BCUT2D eigenvalue weighted by molar-refractivity contribution is -0.167. The quantitative estimate of drug-likeness (QED) is 0.633. The Bertz CT molecular complexity index is 689. The van der Waals surface area contributed by atoms with Crippen molar-refractivity contribution in [2.24, 2.45) is 52.3 Å². The predicted molar refractivity (Wildman–Crippen MR) is 117 cm³/mol. The second-order valence-electron chi connectivity index (χ2n) is 11.9. The van der Waals surface area contributed by atoms with Crippen LogP contribution >= 0.6 is 0 Å². The van der Waals surface area contributed by atoms with Gasteiger partial charge in [0.15, 0.2) is 0 Å². The molecule has 0 bridgehead atoms. The molecule has 0 spiro atoms. The lowest BCUT2D eigenvalue weighted by atomic mass is 9.42. The summed E-state index contributed by atoms with van der Waals surface area (Å²) in [6, 6.07) is 0. The maximum atomic E-state index is 12.7. The van der Waals surface area contributed by atoms with Crippen LogP contribution in [0.4, 0.5) is 0 Å². The SMILES string of the molecule is CC(=O)[C@@H]1C[C@H](O)C[C@@H]2CC[C@H]3[C@@H]4CC[C@H]([C@H](C)CCC(=O)O)[C@@]4(C)CC[C@@H]3[C@]21C. The second kappa shape index (κ2) is 7.90. The number of aliphatic hydroxyl groups is 1. The summed E-state index contributed by atoms with van der Waals surface area (Å²) in [5, 5.41) is 19.6. The monoisotopic (exact) mass is 418 g/mol. The van der Waals surface area contributed by atoms with Crippen LogP contribution < -0.4 is 0 Å². The van der Waals surface area contributed by atoms with E-state index in [9.17, 15) is 14.7 Å². The number of carbonyl (C=O) groups is 2. The molecule has 4 fully saturated rings. The molecule has 0 aromatic carbocycles. The van der Waals surface area contributed by atoms with Gasteiger partial charge >= 0.3 is 5.97 Å². The van der Waals surface area contributed by atoms with Crippen molar-refractivity contribution in [1.29, 1.82) is 0 Å². The van der Waals surface area contributed by atoms with E-state index in [0.29, 0.717) is 47.3 Å². The van der Waals surface area contributed by atoms with Gasteiger partial charge in [0, 0.05) is 12.3 Å². The Kier molecular flexibility index (Phi) is 5.87. The zero-order valence-electron chi connectivity index (χ0n) is 19.4. The standard InChI is InChI=1S/C26H42O4/c1-15(5-10-24(29)30)20-8-9-21-19-7-6-17-13-18(28)14-23(16(2)27)26(17,4)22(19)11-12-25(20,21)3/h15,17-23,28H,5-14H2,1-4H3,(H,29,30)/t15-,17+,18-,19+,20-,21+,22+,23+,25-,26+/m1/s1. The molecule has 4 saturated carbocycles. The van der Waals surface area contributed by atoms with Crippen molar-refractivity contribution >= 4 is 11.8 Å². The van der Waals surface area contributed by atoms with Crippen LogP contribution in [0.5, 0.6) is 0 Å². The fraction of sp³-hybridized carbons (Fsp3) is 0.923. The highest BCUT2D eigenvalue weighted by molar-refractivity contribution is 5.79. The molecule has 4 nitrogen and oxygen atoms in total. The van der Waals surface area contributed by atoms with E-state index in [0.717, 1.165) is 19.3 Å². The summed E-state index contributed by atoms with van der Waals surface area (Å²) < 4.78 is 0. The number of ketones is 1. The zero-order chi connectivity index (χ0) is 21.8. The second-order valence-corrected chi connectivity index (χ2v) is 11.9. The van der Waals surface area contributed by atoms with E-state index in [1.54, 1.807) is 6.92 Å². The molecule has 4 rings (SSSR count). The highest BCUT2D eigenvalue weighted by Crippen LogP contribution is 2.69. The lowest BCUT2D eigenvalue weighted by Crippen LogP contribution is -2.58. The van der Waals surface area contributed by atoms with E-state index >= 15 is 0 Å². The van der Waals surface area contributed by atoms with Gasteiger partial charge in [-0.3, -0.25) is 9.59 Å². The highest BCUT2D eigenvalue weighted by atomic mass is 16.4. The first kappa shape index (κ1) is 22.3. The van der Waals surface area contributed by atoms with E-state index in [4.69, 9.17) is 5.11 Å². The molecule has 4 aliphatic carbocycles. The summed E-state index contributed by atoms with van der Waals surface area (Å²) in [7, 11) is 0. The molecule has 0 saturated heterocycles. The minimum absolute atomic E-state index is 0.00935. The molecule has 0 unspecified atom stereocenters. The smallest absolute Gasteiger partial charge is 0.303 e. The number of aliphatic carboxylic acids is 1. The summed E-state index contributed by atoms with van der Waals surface area (Å²) in [6.07, 6.45) is 9.63. The van der Waals surface area contributed by atoms with Crippen molar-refractivity contribution in [3.8, 4) is 0 Å². The topological polar surface area (TPSA) is 74.6 Å². The third-order valence-electron chi connectivity index (χ3n) is 10.8. The summed E-state index contributed by atoms with van der Waals surface area (Å²) in [5.74, 6) is 3.20. The molecule has 0 heterocycles. The molecule has 2 N–H and O–H groups in total. The van der Waals surface area contributed by atoms with Crippen LogP contribution in [0.25, 0.3) is 0 Å². The molecular weight excluding hydrogens is 376 g/mol. The third-order valence-corrected chi connectivity index (χ3v) is 10.8. The maximum Gasteiger partial charge on any atom is 0.303 e. The van der Waals surface area contributed by atoms with Gasteiger partial charge in [-0.2, -0.15) is 0 Å². The molecular formula is C26H42O4. The van der Waals surface area contributed by atoms with Crippen molar-refractivity contribution in [3.63, 3.8) is 0 Å². The molecule has 4 heteroatoms. The van der Waals surface area contributed by atoms with Crippen molar-refractivity contribution in [2.45, 2.75) is 98.0 Å². The average molecular weight is 419 g/mol. The number of carboxylic acid groups (broad SMARTS) is 1. The minimum Gasteiger partial charge on any atom is -0.481 e. The number of carbonyl (C=O) groups excluding carboxylic acids is 1. The third kappa shape index (κ3) is 3.36. The first-order chi connectivity index (χ1) is 14.1. The number of aliphatic hydroxyl groups excluding tert-OH is 1. The molecule has 30 heavy (non-hydrogen) atoms. The zero-order valence-corrected chi connectivity index (χ0v) is 19.4. The van der Waals surface area contributed by atoms with E-state index in [1.165, 1.54) is 32.1 Å². The van der Waals surface area contributed by atoms with Gasteiger partial charge < -0.3 is 10.2 Å². The van der Waals surface area contributed by atoms with Gasteiger partial charge in [-0.1, -0.05) is 20.8 Å². The van der Waals surface area contributed by atoms with Gasteiger partial charge in [-0.15, -0.1) is 0 Å².